The molecule has 3 heterocycles. The minimum absolute atomic E-state index is 0.0124. The Balaban J connectivity index is 1.38. The Kier molecular flexibility index (Phi) is 9.44. The Morgan fingerprint density at radius 1 is 1.06 bits per heavy atom. The summed E-state index contributed by atoms with van der Waals surface area (Å²) in [5, 5.41) is 3.13. The monoisotopic (exact) mass is 698 g/mol. The molecule has 0 bridgehead atoms. The molecule has 0 amide bonds. The van der Waals surface area contributed by atoms with Crippen LogP contribution in [0.2, 0.25) is 18.1 Å². The average Bonchev–Trinajstić information content (AvgIpc) is 3.67. The summed E-state index contributed by atoms with van der Waals surface area (Å²) in [5.74, 6) is -0.733. The van der Waals surface area contributed by atoms with Gasteiger partial charge >= 0.3 is 0 Å². The molecule has 3 N–H and O–H groups in total. The van der Waals surface area contributed by atoms with E-state index in [-0.39, 0.29) is 26.5 Å². The Morgan fingerprint density at radius 2 is 1.83 bits per heavy atom. The van der Waals surface area contributed by atoms with Gasteiger partial charge in [0.2, 0.25) is 0 Å². The first-order chi connectivity index (χ1) is 22.1. The summed E-state index contributed by atoms with van der Waals surface area (Å²) in [6, 6.07) is 10.8. The Morgan fingerprint density at radius 3 is 2.47 bits per heavy atom. The lowest BCUT2D eigenvalue weighted by atomic mass is 10.1. The quantitative estimate of drug-likeness (QED) is 0.118. The number of pyridine rings is 1. The van der Waals surface area contributed by atoms with E-state index in [0.29, 0.717) is 39.9 Å². The minimum atomic E-state index is -4.18. The summed E-state index contributed by atoms with van der Waals surface area (Å²) in [4.78, 5) is 16.2. The summed E-state index contributed by atoms with van der Waals surface area (Å²) in [6.45, 7) is 12.9. The molecule has 15 heteroatoms. The zero-order valence-corrected chi connectivity index (χ0v) is 29.7. The largest absolute Gasteiger partial charge is 0.541 e. The molecule has 2 aromatic carbocycles. The number of hydrogen-bond acceptors (Lipinski definition) is 9. The van der Waals surface area contributed by atoms with Gasteiger partial charge in [0.1, 0.15) is 5.69 Å². The number of hydrogen-bond donors (Lipinski definition) is 3. The molecule has 0 aliphatic heterocycles. The Labute approximate surface area is 277 Å². The number of sulfonamides is 1. The number of methoxy groups -OCH3 is 1. The van der Waals surface area contributed by atoms with E-state index in [1.165, 1.54) is 18.6 Å². The molecule has 5 aromatic rings. The smallest absolute Gasteiger partial charge is 0.281 e. The SMILES string of the molecule is COc1cccc(CNc2cnc(S(=O)(=O)Nc3nc(-c4ccc(F)c(F)c4)c(-c4c[nH]cn4)s3)c(C)c2)c1O[Si](C)(C)C(C)(C)C. The van der Waals surface area contributed by atoms with Crippen molar-refractivity contribution in [2.75, 3.05) is 17.1 Å². The van der Waals surface area contributed by atoms with E-state index < -0.39 is 30.0 Å². The number of nitrogens with one attached hydrogen (secondary N) is 3. The van der Waals surface area contributed by atoms with E-state index >= 15 is 0 Å². The van der Waals surface area contributed by atoms with Gasteiger partial charge in [0, 0.05) is 23.9 Å². The number of para-hydroxylation sites is 1. The lowest BCUT2D eigenvalue weighted by molar-refractivity contribution is 0.384. The highest BCUT2D eigenvalue weighted by atomic mass is 32.2. The maximum atomic E-state index is 14.1. The topological polar surface area (TPSA) is 131 Å². The van der Waals surface area contributed by atoms with E-state index in [1.807, 2.05) is 18.2 Å². The molecule has 248 valence electrons. The first kappa shape index (κ1) is 34.0. The number of ether oxygens (including phenoxy) is 1. The molecule has 0 fully saturated rings. The van der Waals surface area contributed by atoms with Crippen molar-refractivity contribution in [1.82, 2.24) is 19.9 Å². The van der Waals surface area contributed by atoms with Crippen LogP contribution in [0.4, 0.5) is 19.6 Å². The van der Waals surface area contributed by atoms with Gasteiger partial charge in [-0.05, 0) is 61.0 Å². The molecule has 0 spiro atoms. The fourth-order valence-electron chi connectivity index (χ4n) is 4.45. The number of imidazole rings is 1. The van der Waals surface area contributed by atoms with Gasteiger partial charge in [-0.1, -0.05) is 44.2 Å². The number of nitrogens with zero attached hydrogens (tertiary/aromatic N) is 3. The third-order valence-corrected chi connectivity index (χ3v) is 14.8. The molecule has 10 nitrogen and oxygen atoms in total. The molecule has 0 aliphatic rings. The van der Waals surface area contributed by atoms with Crippen LogP contribution in [0.15, 0.2) is 66.2 Å². The van der Waals surface area contributed by atoms with E-state index in [9.17, 15) is 17.2 Å². The lowest BCUT2D eigenvalue weighted by Gasteiger charge is -2.37. The molecule has 0 unspecified atom stereocenters. The summed E-state index contributed by atoms with van der Waals surface area (Å²) < 4.78 is 69.5. The van der Waals surface area contributed by atoms with Crippen LogP contribution in [0.5, 0.6) is 11.5 Å². The predicted molar refractivity (Wildman–Crippen MR) is 183 cm³/mol. The van der Waals surface area contributed by atoms with Crippen molar-refractivity contribution in [2.45, 2.75) is 57.4 Å². The van der Waals surface area contributed by atoms with Crippen LogP contribution >= 0.6 is 11.3 Å². The van der Waals surface area contributed by atoms with Gasteiger partial charge in [-0.25, -0.2) is 23.7 Å². The molecule has 0 radical (unpaired) electrons. The number of thiazole rings is 1. The van der Waals surface area contributed by atoms with E-state index in [2.05, 4.69) is 63.8 Å². The molecular formula is C32H36F2N6O4S2Si. The van der Waals surface area contributed by atoms with E-state index in [1.54, 1.807) is 26.3 Å². The van der Waals surface area contributed by atoms with Gasteiger partial charge in [-0.2, -0.15) is 8.42 Å². The first-order valence-electron chi connectivity index (χ1n) is 14.6. The van der Waals surface area contributed by atoms with Crippen molar-refractivity contribution in [3.8, 4) is 33.3 Å². The third-order valence-electron chi connectivity index (χ3n) is 7.98. The highest BCUT2D eigenvalue weighted by Gasteiger charge is 2.40. The number of aryl methyl sites for hydroxylation is 1. The van der Waals surface area contributed by atoms with Crippen molar-refractivity contribution in [2.24, 2.45) is 0 Å². The lowest BCUT2D eigenvalue weighted by Crippen LogP contribution is -2.44. The summed E-state index contributed by atoms with van der Waals surface area (Å²) in [7, 11) is -4.75. The first-order valence-corrected chi connectivity index (χ1v) is 19.8. The van der Waals surface area contributed by atoms with Crippen molar-refractivity contribution in [3.05, 3.63) is 83.9 Å². The molecule has 0 saturated carbocycles. The van der Waals surface area contributed by atoms with Crippen LogP contribution in [0.25, 0.3) is 21.8 Å². The number of H-pyrrole nitrogens is 1. The fraction of sp³-hybridized carbons (Fsp3) is 0.281. The van der Waals surface area contributed by atoms with Crippen molar-refractivity contribution in [3.63, 3.8) is 0 Å². The Bertz CT molecular complexity index is 2010. The second kappa shape index (κ2) is 13.0. The molecule has 5 rings (SSSR count). The van der Waals surface area contributed by atoms with Crippen LogP contribution in [-0.2, 0) is 16.6 Å². The molecule has 0 atom stereocenters. The maximum absolute atomic E-state index is 14.1. The average molecular weight is 699 g/mol. The third kappa shape index (κ3) is 7.31. The van der Waals surface area contributed by atoms with Crippen molar-refractivity contribution >= 4 is 40.5 Å². The van der Waals surface area contributed by atoms with Gasteiger partial charge in [-0.3, -0.25) is 4.72 Å². The van der Waals surface area contributed by atoms with Crippen LogP contribution in [0.1, 0.15) is 31.9 Å². The molecule has 0 saturated heterocycles. The van der Waals surface area contributed by atoms with Gasteiger partial charge in [0.15, 0.2) is 33.3 Å². The number of benzene rings is 2. The summed E-state index contributed by atoms with van der Waals surface area (Å²) in [6.07, 6.45) is 4.49. The molecule has 0 aliphatic carbocycles. The number of aromatic amines is 1. The van der Waals surface area contributed by atoms with Crippen molar-refractivity contribution in [1.29, 1.82) is 0 Å². The standard InChI is InChI=1S/C32H36F2N6O4S2Si/c1-19-13-22(36-15-21-9-8-10-26(43-5)28(21)44-47(6,7)32(2,3)4)16-37-30(19)46(41,42)40-31-39-27(20-11-12-23(33)24(34)14-20)29(45-31)25-17-35-18-38-25/h8-14,16-18,36H,15H2,1-7H3,(H,35,38)(H,39,40). The van der Waals surface area contributed by atoms with Crippen LogP contribution < -0.4 is 19.2 Å². The predicted octanol–water partition coefficient (Wildman–Crippen LogP) is 7.99. The van der Waals surface area contributed by atoms with Crippen LogP contribution in [0.3, 0.4) is 0 Å². The van der Waals surface area contributed by atoms with Gasteiger partial charge in [0.05, 0.1) is 35.9 Å². The number of rotatable bonds is 11. The van der Waals surface area contributed by atoms with Crippen molar-refractivity contribution < 1.29 is 26.4 Å². The zero-order valence-electron chi connectivity index (χ0n) is 27.0. The fourth-order valence-corrected chi connectivity index (χ4v) is 7.84. The second-order valence-electron chi connectivity index (χ2n) is 12.4. The highest BCUT2D eigenvalue weighted by Crippen LogP contribution is 2.42. The van der Waals surface area contributed by atoms with Gasteiger partial charge < -0.3 is 19.5 Å². The highest BCUT2D eigenvalue weighted by molar-refractivity contribution is 7.92. The molecule has 47 heavy (non-hydrogen) atoms. The number of aromatic nitrogens is 4. The minimum Gasteiger partial charge on any atom is -0.541 e. The van der Waals surface area contributed by atoms with Gasteiger partial charge in [0.25, 0.3) is 18.3 Å². The van der Waals surface area contributed by atoms with E-state index in [4.69, 9.17) is 9.16 Å². The number of halogens is 2. The normalized spacial score (nSPS) is 12.2. The summed E-state index contributed by atoms with van der Waals surface area (Å²) >= 11 is 1.01. The Hall–Kier alpha value is -4.34. The summed E-state index contributed by atoms with van der Waals surface area (Å²) in [5.41, 5.74) is 2.87. The molecule has 3 aromatic heterocycles. The number of anilines is 2. The zero-order chi connectivity index (χ0) is 34.1. The van der Waals surface area contributed by atoms with Crippen LogP contribution in [0, 0.1) is 18.6 Å². The second-order valence-corrected chi connectivity index (χ2v) is 19.7. The maximum Gasteiger partial charge on any atom is 0.281 e. The van der Waals surface area contributed by atoms with Gasteiger partial charge in [-0.15, -0.1) is 0 Å². The van der Waals surface area contributed by atoms with E-state index in [0.717, 1.165) is 29.0 Å². The van der Waals surface area contributed by atoms with Crippen LogP contribution in [-0.4, -0.2) is 43.8 Å². The molecular weight excluding hydrogens is 663 g/mol.